The van der Waals surface area contributed by atoms with Crippen molar-refractivity contribution in [2.45, 2.75) is 84.5 Å². The predicted octanol–water partition coefficient (Wildman–Crippen LogP) is 6.17. The maximum atomic E-state index is 6.23. The average Bonchev–Trinajstić information content (AvgIpc) is 2.79. The Kier molecular flexibility index (Phi) is 5.03. The third-order valence-electron chi connectivity index (χ3n) is 6.14. The average molecular weight is 271 g/mol. The highest BCUT2D eigenvalue weighted by Gasteiger charge is 2.68. The molecular formula is C17H31Cl. The summed E-state index contributed by atoms with van der Waals surface area (Å²) in [5.74, 6) is 1.67. The van der Waals surface area contributed by atoms with Crippen LogP contribution in [0.5, 0.6) is 0 Å². The van der Waals surface area contributed by atoms with Gasteiger partial charge in [0.15, 0.2) is 0 Å². The maximum Gasteiger partial charge on any atom is 0.0262 e. The van der Waals surface area contributed by atoms with Gasteiger partial charge in [-0.3, -0.25) is 0 Å². The Morgan fingerprint density at radius 1 is 0.778 bits per heavy atom. The molecule has 0 nitrogen and oxygen atoms in total. The third kappa shape index (κ3) is 2.74. The number of hydrogen-bond acceptors (Lipinski definition) is 0. The van der Waals surface area contributed by atoms with Gasteiger partial charge in [-0.05, 0) is 29.6 Å². The highest BCUT2D eigenvalue weighted by atomic mass is 35.5. The predicted molar refractivity (Wildman–Crippen MR) is 81.2 cm³/mol. The SMILES string of the molecule is CC1(C)C(CCl)C12CCCCCCCCCCC2. The van der Waals surface area contributed by atoms with Crippen LogP contribution in [0.2, 0.25) is 0 Å². The molecule has 2 aliphatic rings. The lowest BCUT2D eigenvalue weighted by atomic mass is 9.84. The zero-order chi connectivity index (χ0) is 13.1. The summed E-state index contributed by atoms with van der Waals surface area (Å²) in [6.45, 7) is 4.93. The van der Waals surface area contributed by atoms with Crippen molar-refractivity contribution < 1.29 is 0 Å². The van der Waals surface area contributed by atoms with E-state index in [1.165, 1.54) is 70.6 Å². The Bertz CT molecular complexity index is 244. The van der Waals surface area contributed by atoms with E-state index in [0.717, 1.165) is 11.8 Å². The third-order valence-corrected chi connectivity index (χ3v) is 6.45. The standard InChI is InChI=1S/C17H31Cl/c1-16(2)15(14-18)17(16)12-10-8-6-4-3-5-7-9-11-13-17/h15H,3-14H2,1-2H3. The van der Waals surface area contributed by atoms with Crippen molar-refractivity contribution in [3.8, 4) is 0 Å². The first-order valence-electron chi connectivity index (χ1n) is 8.21. The first kappa shape index (κ1) is 14.7. The van der Waals surface area contributed by atoms with Crippen molar-refractivity contribution in [2.75, 3.05) is 5.88 Å². The Morgan fingerprint density at radius 3 is 1.50 bits per heavy atom. The number of alkyl halides is 1. The van der Waals surface area contributed by atoms with Crippen molar-refractivity contribution >= 4 is 11.6 Å². The second-order valence-electron chi connectivity index (χ2n) is 7.27. The van der Waals surface area contributed by atoms with E-state index in [1.54, 1.807) is 0 Å². The van der Waals surface area contributed by atoms with E-state index in [1.807, 2.05) is 0 Å². The Hall–Kier alpha value is 0.290. The summed E-state index contributed by atoms with van der Waals surface area (Å²) < 4.78 is 0. The van der Waals surface area contributed by atoms with E-state index in [0.29, 0.717) is 10.8 Å². The molecule has 0 radical (unpaired) electrons. The summed E-state index contributed by atoms with van der Waals surface area (Å²) in [6, 6.07) is 0. The highest BCUT2D eigenvalue weighted by molar-refractivity contribution is 6.18. The van der Waals surface area contributed by atoms with Crippen LogP contribution in [-0.2, 0) is 0 Å². The summed E-state index contributed by atoms with van der Waals surface area (Å²) >= 11 is 6.23. The quantitative estimate of drug-likeness (QED) is 0.500. The largest absolute Gasteiger partial charge is 0.126 e. The molecule has 2 rings (SSSR count). The minimum atomic E-state index is 0.513. The van der Waals surface area contributed by atoms with Gasteiger partial charge in [-0.2, -0.15) is 0 Å². The van der Waals surface area contributed by atoms with E-state index >= 15 is 0 Å². The summed E-state index contributed by atoms with van der Waals surface area (Å²) in [7, 11) is 0. The molecule has 1 spiro atoms. The van der Waals surface area contributed by atoms with Crippen molar-refractivity contribution in [1.82, 2.24) is 0 Å². The summed E-state index contributed by atoms with van der Waals surface area (Å²) in [6.07, 6.45) is 16.0. The van der Waals surface area contributed by atoms with E-state index in [-0.39, 0.29) is 0 Å². The van der Waals surface area contributed by atoms with E-state index in [2.05, 4.69) is 13.8 Å². The van der Waals surface area contributed by atoms with Gasteiger partial charge in [0.2, 0.25) is 0 Å². The minimum absolute atomic E-state index is 0.513. The molecule has 1 heteroatoms. The Morgan fingerprint density at radius 2 is 1.17 bits per heavy atom. The van der Waals surface area contributed by atoms with Gasteiger partial charge in [0, 0.05) is 5.88 Å². The second-order valence-corrected chi connectivity index (χ2v) is 7.58. The van der Waals surface area contributed by atoms with Crippen molar-refractivity contribution in [3.63, 3.8) is 0 Å². The Labute approximate surface area is 119 Å². The normalized spacial score (nSPS) is 32.5. The molecule has 18 heavy (non-hydrogen) atoms. The molecule has 0 aliphatic heterocycles. The molecule has 2 aliphatic carbocycles. The smallest absolute Gasteiger partial charge is 0.0262 e. The summed E-state index contributed by atoms with van der Waals surface area (Å²) in [5, 5.41) is 0. The lowest BCUT2D eigenvalue weighted by Gasteiger charge is -2.21. The number of rotatable bonds is 1. The second kappa shape index (κ2) is 6.16. The molecule has 0 bridgehead atoms. The van der Waals surface area contributed by atoms with E-state index in [9.17, 15) is 0 Å². The topological polar surface area (TPSA) is 0 Å². The fraction of sp³-hybridized carbons (Fsp3) is 1.00. The van der Waals surface area contributed by atoms with Crippen LogP contribution in [0, 0.1) is 16.7 Å². The molecule has 0 aromatic rings. The fourth-order valence-corrected chi connectivity index (χ4v) is 5.32. The van der Waals surface area contributed by atoms with Gasteiger partial charge < -0.3 is 0 Å². The molecule has 106 valence electrons. The molecule has 1 unspecified atom stereocenters. The molecule has 0 amide bonds. The monoisotopic (exact) mass is 270 g/mol. The lowest BCUT2D eigenvalue weighted by Crippen LogP contribution is -2.10. The van der Waals surface area contributed by atoms with Crippen LogP contribution in [-0.4, -0.2) is 5.88 Å². The highest BCUT2D eigenvalue weighted by Crippen LogP contribution is 2.73. The first-order chi connectivity index (χ1) is 8.65. The van der Waals surface area contributed by atoms with Crippen LogP contribution in [0.15, 0.2) is 0 Å². The molecule has 0 aromatic heterocycles. The Balaban J connectivity index is 1.94. The molecular weight excluding hydrogens is 240 g/mol. The zero-order valence-electron chi connectivity index (χ0n) is 12.4. The van der Waals surface area contributed by atoms with Crippen LogP contribution < -0.4 is 0 Å². The summed E-state index contributed by atoms with van der Waals surface area (Å²) in [5.41, 5.74) is 1.12. The fourth-order valence-electron chi connectivity index (χ4n) is 4.64. The van der Waals surface area contributed by atoms with Crippen LogP contribution >= 0.6 is 11.6 Å². The van der Waals surface area contributed by atoms with Gasteiger partial charge >= 0.3 is 0 Å². The molecule has 0 aromatic carbocycles. The van der Waals surface area contributed by atoms with E-state index < -0.39 is 0 Å². The molecule has 0 heterocycles. The van der Waals surface area contributed by atoms with Gasteiger partial charge in [0.25, 0.3) is 0 Å². The van der Waals surface area contributed by atoms with Crippen molar-refractivity contribution in [2.24, 2.45) is 16.7 Å². The molecule has 2 fully saturated rings. The lowest BCUT2D eigenvalue weighted by molar-refractivity contribution is 0.298. The molecule has 0 saturated heterocycles. The van der Waals surface area contributed by atoms with Crippen LogP contribution in [0.4, 0.5) is 0 Å². The van der Waals surface area contributed by atoms with Gasteiger partial charge in [-0.15, -0.1) is 11.6 Å². The van der Waals surface area contributed by atoms with Crippen LogP contribution in [0.3, 0.4) is 0 Å². The van der Waals surface area contributed by atoms with Crippen LogP contribution in [0.1, 0.15) is 84.5 Å². The maximum absolute atomic E-state index is 6.23. The van der Waals surface area contributed by atoms with Gasteiger partial charge in [0.1, 0.15) is 0 Å². The van der Waals surface area contributed by atoms with Crippen molar-refractivity contribution in [3.05, 3.63) is 0 Å². The van der Waals surface area contributed by atoms with Crippen molar-refractivity contribution in [1.29, 1.82) is 0 Å². The van der Waals surface area contributed by atoms with Gasteiger partial charge in [0.05, 0.1) is 0 Å². The van der Waals surface area contributed by atoms with Gasteiger partial charge in [-0.25, -0.2) is 0 Å². The number of hydrogen-bond donors (Lipinski definition) is 0. The van der Waals surface area contributed by atoms with Gasteiger partial charge in [-0.1, -0.05) is 71.6 Å². The molecule has 0 N–H and O–H groups in total. The molecule has 1 atom stereocenters. The first-order valence-corrected chi connectivity index (χ1v) is 8.74. The number of halogens is 1. The van der Waals surface area contributed by atoms with Crippen LogP contribution in [0.25, 0.3) is 0 Å². The minimum Gasteiger partial charge on any atom is -0.126 e. The zero-order valence-corrected chi connectivity index (χ0v) is 13.2. The summed E-state index contributed by atoms with van der Waals surface area (Å²) in [4.78, 5) is 0. The molecule has 2 saturated carbocycles. The van der Waals surface area contributed by atoms with E-state index in [4.69, 9.17) is 11.6 Å².